The van der Waals surface area contributed by atoms with Crippen LogP contribution in [0.15, 0.2) is 30.5 Å². The molecule has 0 saturated carbocycles. The highest BCUT2D eigenvalue weighted by Crippen LogP contribution is 2.22. The van der Waals surface area contributed by atoms with Crippen LogP contribution in [0.4, 0.5) is 10.1 Å². The molecule has 0 unspecified atom stereocenters. The van der Waals surface area contributed by atoms with Crippen LogP contribution < -0.4 is 5.32 Å². The van der Waals surface area contributed by atoms with Gasteiger partial charge >= 0.3 is 0 Å². The maximum absolute atomic E-state index is 13.2. The molecular weight excluding hydrogens is 323 g/mol. The fourth-order valence-corrected chi connectivity index (χ4v) is 3.09. The van der Waals surface area contributed by atoms with Gasteiger partial charge in [-0.3, -0.25) is 14.7 Å². The number of benzene rings is 1. The van der Waals surface area contributed by atoms with Crippen LogP contribution in [0.3, 0.4) is 0 Å². The van der Waals surface area contributed by atoms with Gasteiger partial charge < -0.3 is 10.2 Å². The predicted octanol–water partition coefficient (Wildman–Crippen LogP) is 2.60. The SMILES string of the molecule is CCc1[nH]ncc1C(=O)N1CCC(C(=O)Nc2cccc(F)c2)CC1. The Morgan fingerprint density at radius 3 is 2.80 bits per heavy atom. The number of carbonyl (C=O) groups is 2. The molecular formula is C18H21FN4O2. The van der Waals surface area contributed by atoms with Gasteiger partial charge in [-0.05, 0) is 37.5 Å². The molecule has 1 aromatic carbocycles. The van der Waals surface area contributed by atoms with Crippen molar-refractivity contribution in [3.63, 3.8) is 0 Å². The molecule has 0 radical (unpaired) electrons. The van der Waals surface area contributed by atoms with Gasteiger partial charge in [0.05, 0.1) is 11.8 Å². The standard InChI is InChI=1S/C18H21FN4O2/c1-2-16-15(11-20-22-16)18(25)23-8-6-12(7-9-23)17(24)21-14-5-3-4-13(19)10-14/h3-5,10-12H,2,6-9H2,1H3,(H,20,22)(H,21,24). The number of hydrogen-bond donors (Lipinski definition) is 2. The molecule has 1 aliphatic rings. The summed E-state index contributed by atoms with van der Waals surface area (Å²) in [6, 6.07) is 5.84. The Balaban J connectivity index is 1.56. The minimum Gasteiger partial charge on any atom is -0.338 e. The number of anilines is 1. The number of halogens is 1. The molecule has 1 fully saturated rings. The minimum atomic E-state index is -0.384. The van der Waals surface area contributed by atoms with Crippen LogP contribution in [-0.2, 0) is 11.2 Å². The van der Waals surface area contributed by atoms with Crippen LogP contribution in [0.5, 0.6) is 0 Å². The van der Waals surface area contributed by atoms with Gasteiger partial charge in [0.1, 0.15) is 5.82 Å². The minimum absolute atomic E-state index is 0.0467. The lowest BCUT2D eigenvalue weighted by Gasteiger charge is -2.31. The van der Waals surface area contributed by atoms with Gasteiger partial charge in [0, 0.05) is 30.4 Å². The van der Waals surface area contributed by atoms with Crippen LogP contribution in [0.1, 0.15) is 35.8 Å². The number of carbonyl (C=O) groups excluding carboxylic acids is 2. The highest BCUT2D eigenvalue weighted by atomic mass is 19.1. The molecule has 2 heterocycles. The van der Waals surface area contributed by atoms with Crippen molar-refractivity contribution >= 4 is 17.5 Å². The van der Waals surface area contributed by atoms with E-state index in [4.69, 9.17) is 0 Å². The molecule has 2 aromatic rings. The molecule has 0 spiro atoms. The Kier molecular flexibility index (Phi) is 5.11. The number of amides is 2. The predicted molar refractivity (Wildman–Crippen MR) is 91.6 cm³/mol. The highest BCUT2D eigenvalue weighted by Gasteiger charge is 2.29. The van der Waals surface area contributed by atoms with Crippen molar-refractivity contribution in [3.05, 3.63) is 47.5 Å². The summed E-state index contributed by atoms with van der Waals surface area (Å²) in [4.78, 5) is 26.7. The van der Waals surface area contributed by atoms with Crippen molar-refractivity contribution in [3.8, 4) is 0 Å². The number of nitrogens with zero attached hydrogens (tertiary/aromatic N) is 2. The summed E-state index contributed by atoms with van der Waals surface area (Å²) in [6.07, 6.45) is 3.45. The number of rotatable bonds is 4. The zero-order chi connectivity index (χ0) is 17.8. The third-order valence-corrected chi connectivity index (χ3v) is 4.55. The molecule has 6 nitrogen and oxygen atoms in total. The lowest BCUT2D eigenvalue weighted by atomic mass is 9.95. The Hall–Kier alpha value is -2.70. The van der Waals surface area contributed by atoms with Crippen molar-refractivity contribution in [2.75, 3.05) is 18.4 Å². The maximum Gasteiger partial charge on any atom is 0.257 e. The number of aromatic amines is 1. The van der Waals surface area contributed by atoms with Crippen molar-refractivity contribution in [2.24, 2.45) is 5.92 Å². The summed E-state index contributed by atoms with van der Waals surface area (Å²) in [5.74, 6) is -0.739. The third kappa shape index (κ3) is 3.87. The first kappa shape index (κ1) is 17.1. The zero-order valence-electron chi connectivity index (χ0n) is 14.1. The van der Waals surface area contributed by atoms with Crippen molar-refractivity contribution < 1.29 is 14.0 Å². The summed E-state index contributed by atoms with van der Waals surface area (Å²) in [7, 11) is 0. The average Bonchev–Trinajstić information content (AvgIpc) is 3.10. The van der Waals surface area contributed by atoms with Gasteiger partial charge in [-0.15, -0.1) is 0 Å². The molecule has 2 N–H and O–H groups in total. The normalized spacial score (nSPS) is 15.2. The summed E-state index contributed by atoms with van der Waals surface area (Å²) in [5, 5.41) is 9.53. The van der Waals surface area contributed by atoms with E-state index in [0.717, 1.165) is 5.69 Å². The van der Waals surface area contributed by atoms with Gasteiger partial charge in [0.15, 0.2) is 0 Å². The smallest absolute Gasteiger partial charge is 0.257 e. The van der Waals surface area contributed by atoms with Crippen LogP contribution in [0, 0.1) is 11.7 Å². The first-order chi connectivity index (χ1) is 12.1. The molecule has 2 amide bonds. The van der Waals surface area contributed by atoms with Gasteiger partial charge in [-0.2, -0.15) is 5.10 Å². The van der Waals surface area contributed by atoms with Crippen molar-refractivity contribution in [1.82, 2.24) is 15.1 Å². The zero-order valence-corrected chi connectivity index (χ0v) is 14.1. The molecule has 1 aliphatic heterocycles. The monoisotopic (exact) mass is 344 g/mol. The number of H-pyrrole nitrogens is 1. The summed E-state index contributed by atoms with van der Waals surface area (Å²) in [5.41, 5.74) is 1.88. The molecule has 0 aliphatic carbocycles. The van der Waals surface area contributed by atoms with E-state index in [2.05, 4.69) is 15.5 Å². The second-order valence-corrected chi connectivity index (χ2v) is 6.18. The number of piperidine rings is 1. The number of hydrogen-bond acceptors (Lipinski definition) is 3. The van der Waals surface area contributed by atoms with Crippen LogP contribution in [0.25, 0.3) is 0 Å². The number of aryl methyl sites for hydroxylation is 1. The van der Waals surface area contributed by atoms with E-state index >= 15 is 0 Å². The van der Waals surface area contributed by atoms with E-state index in [1.165, 1.54) is 12.1 Å². The second kappa shape index (κ2) is 7.46. The Morgan fingerprint density at radius 2 is 2.12 bits per heavy atom. The van der Waals surface area contributed by atoms with E-state index < -0.39 is 0 Å². The largest absolute Gasteiger partial charge is 0.338 e. The molecule has 1 saturated heterocycles. The van der Waals surface area contributed by atoms with Crippen molar-refractivity contribution in [2.45, 2.75) is 26.2 Å². The van der Waals surface area contributed by atoms with Crippen LogP contribution >= 0.6 is 0 Å². The topological polar surface area (TPSA) is 78.1 Å². The lowest BCUT2D eigenvalue weighted by molar-refractivity contribution is -0.121. The van der Waals surface area contributed by atoms with E-state index in [1.807, 2.05) is 6.92 Å². The Morgan fingerprint density at radius 1 is 1.36 bits per heavy atom. The number of aromatic nitrogens is 2. The second-order valence-electron chi connectivity index (χ2n) is 6.18. The van der Waals surface area contributed by atoms with E-state index in [9.17, 15) is 14.0 Å². The molecule has 7 heteroatoms. The number of likely N-dealkylation sites (tertiary alicyclic amines) is 1. The van der Waals surface area contributed by atoms with E-state index in [1.54, 1.807) is 23.2 Å². The quantitative estimate of drug-likeness (QED) is 0.895. The van der Waals surface area contributed by atoms with Crippen LogP contribution in [-0.4, -0.2) is 40.0 Å². The number of nitrogens with one attached hydrogen (secondary N) is 2. The van der Waals surface area contributed by atoms with E-state index in [-0.39, 0.29) is 23.5 Å². The van der Waals surface area contributed by atoms with Gasteiger partial charge in [0.25, 0.3) is 5.91 Å². The first-order valence-electron chi connectivity index (χ1n) is 8.46. The van der Waals surface area contributed by atoms with E-state index in [0.29, 0.717) is 43.6 Å². The molecule has 0 atom stereocenters. The third-order valence-electron chi connectivity index (χ3n) is 4.55. The highest BCUT2D eigenvalue weighted by molar-refractivity contribution is 5.96. The fraction of sp³-hybridized carbons (Fsp3) is 0.389. The summed E-state index contributed by atoms with van der Waals surface area (Å²) < 4.78 is 13.2. The van der Waals surface area contributed by atoms with Crippen LogP contribution in [0.2, 0.25) is 0 Å². The van der Waals surface area contributed by atoms with Crippen molar-refractivity contribution in [1.29, 1.82) is 0 Å². The van der Waals surface area contributed by atoms with Gasteiger partial charge in [0.2, 0.25) is 5.91 Å². The average molecular weight is 344 g/mol. The Labute approximate surface area is 145 Å². The first-order valence-corrected chi connectivity index (χ1v) is 8.46. The Bertz CT molecular complexity index is 766. The molecule has 132 valence electrons. The van der Waals surface area contributed by atoms with Gasteiger partial charge in [-0.25, -0.2) is 4.39 Å². The molecule has 25 heavy (non-hydrogen) atoms. The summed E-state index contributed by atoms with van der Waals surface area (Å²) >= 11 is 0. The lowest BCUT2D eigenvalue weighted by Crippen LogP contribution is -2.41. The molecule has 3 rings (SSSR count). The summed E-state index contributed by atoms with van der Waals surface area (Å²) in [6.45, 7) is 3.01. The fourth-order valence-electron chi connectivity index (χ4n) is 3.09. The molecule has 0 bridgehead atoms. The molecule has 1 aromatic heterocycles. The van der Waals surface area contributed by atoms with Gasteiger partial charge in [-0.1, -0.05) is 13.0 Å². The maximum atomic E-state index is 13.2.